The molecule has 2 unspecified atom stereocenters. The summed E-state index contributed by atoms with van der Waals surface area (Å²) in [4.78, 5) is 4.43. The first-order chi connectivity index (χ1) is 9.31. The van der Waals surface area contributed by atoms with Crippen LogP contribution in [0.25, 0.3) is 0 Å². The van der Waals surface area contributed by atoms with Crippen LogP contribution in [0.15, 0.2) is 18.3 Å². The topological polar surface area (TPSA) is 34.1 Å². The van der Waals surface area contributed by atoms with Crippen LogP contribution in [0.4, 0.5) is 0 Å². The van der Waals surface area contributed by atoms with Crippen molar-refractivity contribution in [3.8, 4) is 5.75 Å². The molecular weight excluding hydrogens is 236 g/mol. The molecule has 106 valence electrons. The van der Waals surface area contributed by atoms with Crippen LogP contribution in [0.1, 0.15) is 51.6 Å². The largest absolute Gasteiger partial charge is 0.489 e. The average molecular weight is 262 g/mol. The highest BCUT2D eigenvalue weighted by Crippen LogP contribution is 2.29. The van der Waals surface area contributed by atoms with Gasteiger partial charge in [0.2, 0.25) is 0 Å². The maximum absolute atomic E-state index is 6.06. The standard InChI is InChI=1S/C16H26N2O/c1-3-13-6-5-7-15(10-13)19-16-9-8-14(18-12-16)11-17-4-2/h8-9,12-13,15,17H,3-7,10-11H2,1-2H3. The Balaban J connectivity index is 1.85. The van der Waals surface area contributed by atoms with Crippen LogP contribution in [0.3, 0.4) is 0 Å². The summed E-state index contributed by atoms with van der Waals surface area (Å²) < 4.78 is 6.06. The van der Waals surface area contributed by atoms with Crippen molar-refractivity contribution < 1.29 is 4.74 Å². The van der Waals surface area contributed by atoms with E-state index in [9.17, 15) is 0 Å². The Kier molecular flexibility index (Phi) is 5.64. The van der Waals surface area contributed by atoms with Crippen LogP contribution in [0.2, 0.25) is 0 Å². The third-order valence-corrected chi connectivity index (χ3v) is 3.97. The van der Waals surface area contributed by atoms with E-state index in [-0.39, 0.29) is 0 Å². The predicted octanol–water partition coefficient (Wildman–Crippen LogP) is 3.54. The lowest BCUT2D eigenvalue weighted by Gasteiger charge is -2.28. The first kappa shape index (κ1) is 14.3. The highest BCUT2D eigenvalue weighted by atomic mass is 16.5. The summed E-state index contributed by atoms with van der Waals surface area (Å²) in [6.45, 7) is 6.19. The number of hydrogen-bond donors (Lipinski definition) is 1. The van der Waals surface area contributed by atoms with Gasteiger partial charge in [-0.3, -0.25) is 4.98 Å². The summed E-state index contributed by atoms with van der Waals surface area (Å²) in [5.74, 6) is 1.77. The van der Waals surface area contributed by atoms with Gasteiger partial charge in [-0.05, 0) is 43.9 Å². The van der Waals surface area contributed by atoms with Gasteiger partial charge in [-0.1, -0.05) is 26.7 Å². The Morgan fingerprint density at radius 1 is 1.32 bits per heavy atom. The van der Waals surface area contributed by atoms with E-state index in [1.807, 2.05) is 6.20 Å². The van der Waals surface area contributed by atoms with Crippen LogP contribution < -0.4 is 10.1 Å². The lowest BCUT2D eigenvalue weighted by atomic mass is 9.85. The summed E-state index contributed by atoms with van der Waals surface area (Å²) in [5, 5.41) is 3.28. The predicted molar refractivity (Wildman–Crippen MR) is 78.3 cm³/mol. The monoisotopic (exact) mass is 262 g/mol. The van der Waals surface area contributed by atoms with Gasteiger partial charge in [-0.2, -0.15) is 0 Å². The Morgan fingerprint density at radius 2 is 2.21 bits per heavy atom. The zero-order valence-electron chi connectivity index (χ0n) is 12.2. The molecule has 1 heterocycles. The van der Waals surface area contributed by atoms with Gasteiger partial charge in [-0.25, -0.2) is 0 Å². The molecule has 19 heavy (non-hydrogen) atoms. The molecule has 1 aliphatic rings. The Morgan fingerprint density at radius 3 is 2.89 bits per heavy atom. The summed E-state index contributed by atoms with van der Waals surface area (Å²) in [6, 6.07) is 4.10. The van der Waals surface area contributed by atoms with Gasteiger partial charge in [0.25, 0.3) is 0 Å². The molecule has 1 aliphatic carbocycles. The number of hydrogen-bond acceptors (Lipinski definition) is 3. The second kappa shape index (κ2) is 7.49. The molecular formula is C16H26N2O. The quantitative estimate of drug-likeness (QED) is 0.851. The third kappa shape index (κ3) is 4.50. The van der Waals surface area contributed by atoms with Crippen molar-refractivity contribution >= 4 is 0 Å². The Labute approximate surface area is 116 Å². The van der Waals surface area contributed by atoms with Crippen LogP contribution >= 0.6 is 0 Å². The van der Waals surface area contributed by atoms with Gasteiger partial charge in [0.15, 0.2) is 0 Å². The molecule has 1 fully saturated rings. The minimum absolute atomic E-state index is 0.389. The minimum Gasteiger partial charge on any atom is -0.489 e. The van der Waals surface area contributed by atoms with E-state index >= 15 is 0 Å². The van der Waals surface area contributed by atoms with Crippen molar-refractivity contribution in [2.24, 2.45) is 5.92 Å². The molecule has 2 rings (SSSR count). The normalized spacial score (nSPS) is 23.3. The summed E-state index contributed by atoms with van der Waals surface area (Å²) in [5.41, 5.74) is 1.07. The molecule has 0 aliphatic heterocycles. The fraction of sp³-hybridized carbons (Fsp3) is 0.688. The van der Waals surface area contributed by atoms with E-state index in [0.717, 1.165) is 30.5 Å². The molecule has 0 aromatic carbocycles. The zero-order valence-corrected chi connectivity index (χ0v) is 12.2. The van der Waals surface area contributed by atoms with Gasteiger partial charge < -0.3 is 10.1 Å². The maximum atomic E-state index is 6.06. The molecule has 0 spiro atoms. The number of ether oxygens (including phenoxy) is 1. The lowest BCUT2D eigenvalue weighted by Crippen LogP contribution is -2.25. The first-order valence-corrected chi connectivity index (χ1v) is 7.64. The molecule has 1 aromatic rings. The van der Waals surface area contributed by atoms with Crippen LogP contribution in [0, 0.1) is 5.92 Å². The number of pyridine rings is 1. The van der Waals surface area contributed by atoms with Crippen molar-refractivity contribution in [1.82, 2.24) is 10.3 Å². The fourth-order valence-corrected chi connectivity index (χ4v) is 2.75. The van der Waals surface area contributed by atoms with Crippen molar-refractivity contribution in [3.63, 3.8) is 0 Å². The molecule has 1 N–H and O–H groups in total. The zero-order chi connectivity index (χ0) is 13.5. The third-order valence-electron chi connectivity index (χ3n) is 3.97. The molecule has 0 radical (unpaired) electrons. The minimum atomic E-state index is 0.389. The van der Waals surface area contributed by atoms with Gasteiger partial charge in [0.1, 0.15) is 5.75 Å². The molecule has 0 bridgehead atoms. The van der Waals surface area contributed by atoms with Gasteiger partial charge in [0.05, 0.1) is 18.0 Å². The first-order valence-electron chi connectivity index (χ1n) is 7.64. The molecule has 0 amide bonds. The van der Waals surface area contributed by atoms with Crippen molar-refractivity contribution in [3.05, 3.63) is 24.0 Å². The maximum Gasteiger partial charge on any atom is 0.138 e. The van der Waals surface area contributed by atoms with Crippen LogP contribution in [-0.2, 0) is 6.54 Å². The molecule has 0 saturated heterocycles. The van der Waals surface area contributed by atoms with E-state index in [4.69, 9.17) is 4.74 Å². The number of nitrogens with one attached hydrogen (secondary N) is 1. The number of rotatable bonds is 6. The Bertz CT molecular complexity index is 364. The molecule has 3 nitrogen and oxygen atoms in total. The van der Waals surface area contributed by atoms with Gasteiger partial charge >= 0.3 is 0 Å². The van der Waals surface area contributed by atoms with Gasteiger partial charge in [-0.15, -0.1) is 0 Å². The van der Waals surface area contributed by atoms with Crippen LogP contribution in [-0.4, -0.2) is 17.6 Å². The van der Waals surface area contributed by atoms with Crippen molar-refractivity contribution in [1.29, 1.82) is 0 Å². The van der Waals surface area contributed by atoms with E-state index in [1.165, 1.54) is 32.1 Å². The highest BCUT2D eigenvalue weighted by Gasteiger charge is 2.22. The summed E-state index contributed by atoms with van der Waals surface area (Å²) in [7, 11) is 0. The van der Waals surface area contributed by atoms with Crippen LogP contribution in [0.5, 0.6) is 5.75 Å². The fourth-order valence-electron chi connectivity index (χ4n) is 2.75. The van der Waals surface area contributed by atoms with E-state index in [2.05, 4.69) is 36.3 Å². The summed E-state index contributed by atoms with van der Waals surface area (Å²) in [6.07, 6.45) is 8.60. The second-order valence-electron chi connectivity index (χ2n) is 5.45. The number of aromatic nitrogens is 1. The smallest absolute Gasteiger partial charge is 0.138 e. The molecule has 1 aromatic heterocycles. The highest BCUT2D eigenvalue weighted by molar-refractivity contribution is 5.20. The number of nitrogens with zero attached hydrogens (tertiary/aromatic N) is 1. The molecule has 3 heteroatoms. The molecule has 1 saturated carbocycles. The average Bonchev–Trinajstić information content (AvgIpc) is 2.47. The SMILES string of the molecule is CCNCc1ccc(OC2CCCC(CC)C2)cn1. The van der Waals surface area contributed by atoms with E-state index in [1.54, 1.807) is 0 Å². The van der Waals surface area contributed by atoms with Crippen molar-refractivity contribution in [2.45, 2.75) is 58.6 Å². The van der Waals surface area contributed by atoms with Crippen molar-refractivity contribution in [2.75, 3.05) is 6.54 Å². The lowest BCUT2D eigenvalue weighted by molar-refractivity contribution is 0.121. The molecule has 2 atom stereocenters. The second-order valence-corrected chi connectivity index (χ2v) is 5.45. The van der Waals surface area contributed by atoms with E-state index in [0.29, 0.717) is 6.10 Å². The van der Waals surface area contributed by atoms with E-state index < -0.39 is 0 Å². The Hall–Kier alpha value is -1.09. The summed E-state index contributed by atoms with van der Waals surface area (Å²) >= 11 is 0. The van der Waals surface area contributed by atoms with Gasteiger partial charge in [0, 0.05) is 6.54 Å².